The molecule has 1 aliphatic heterocycles. The van der Waals surface area contributed by atoms with Gasteiger partial charge in [0.15, 0.2) is 0 Å². The Bertz CT molecular complexity index is 935. The minimum Gasteiger partial charge on any atom is -0.398 e. The van der Waals surface area contributed by atoms with E-state index in [4.69, 9.17) is 32.0 Å². The highest BCUT2D eigenvalue weighted by Crippen LogP contribution is 2.30. The number of nitrogens with two attached hydrogens (primary N) is 2. The smallest absolute Gasteiger partial charge is 0.130 e. The maximum absolute atomic E-state index is 7.35. The van der Waals surface area contributed by atoms with Crippen molar-refractivity contribution < 1.29 is 4.74 Å². The third-order valence-electron chi connectivity index (χ3n) is 4.49. The van der Waals surface area contributed by atoms with Gasteiger partial charge in [-0.1, -0.05) is 0 Å². The number of rotatable bonds is 5. The molecule has 1 fully saturated rings. The number of fused-ring (bicyclic) bond motifs is 1. The zero-order chi connectivity index (χ0) is 19.4. The summed E-state index contributed by atoms with van der Waals surface area (Å²) in [6.45, 7) is 4.04. The van der Waals surface area contributed by atoms with E-state index in [-0.39, 0.29) is 6.04 Å². The van der Waals surface area contributed by atoms with Gasteiger partial charge >= 0.3 is 0 Å². The van der Waals surface area contributed by atoms with E-state index in [0.717, 1.165) is 29.2 Å². The molecule has 6 N–H and O–H groups in total. The van der Waals surface area contributed by atoms with E-state index >= 15 is 0 Å². The topological polar surface area (TPSA) is 138 Å². The van der Waals surface area contributed by atoms with Crippen LogP contribution in [0.1, 0.15) is 18.2 Å². The van der Waals surface area contributed by atoms with E-state index in [2.05, 4.69) is 16.8 Å². The van der Waals surface area contributed by atoms with E-state index in [9.17, 15) is 0 Å². The average molecular weight is 365 g/mol. The van der Waals surface area contributed by atoms with Gasteiger partial charge in [0.05, 0.1) is 25.0 Å². The standard InChI is InChI=1S/C19H23N7O/c1-12-11-27-9-8-26(12)17-10-14(15(22)2-5-20)13-4-7-24-19(18(13)25-17)16(23)3-6-21/h2-7,10,12,20-21H,8-9,11,22-23H2,1H3/b15-2-,16-3-,20-5?,21-6?/t12-/m1/s1. The van der Waals surface area contributed by atoms with E-state index in [1.165, 1.54) is 12.2 Å². The summed E-state index contributed by atoms with van der Waals surface area (Å²) in [5.74, 6) is 0.756. The number of nitrogens with zero attached hydrogens (tertiary/aromatic N) is 3. The van der Waals surface area contributed by atoms with Crippen molar-refractivity contribution in [2.24, 2.45) is 11.5 Å². The summed E-state index contributed by atoms with van der Waals surface area (Å²) in [6.07, 6.45) is 6.93. The number of pyridine rings is 2. The minimum absolute atomic E-state index is 0.166. The third kappa shape index (κ3) is 3.65. The maximum atomic E-state index is 7.35. The van der Waals surface area contributed by atoms with Crippen LogP contribution in [0.15, 0.2) is 30.5 Å². The summed E-state index contributed by atoms with van der Waals surface area (Å²) in [4.78, 5) is 11.4. The lowest BCUT2D eigenvalue weighted by Crippen LogP contribution is -2.44. The van der Waals surface area contributed by atoms with Gasteiger partial charge in [-0.3, -0.25) is 4.98 Å². The van der Waals surface area contributed by atoms with Crippen molar-refractivity contribution >= 4 is 40.5 Å². The molecule has 3 heterocycles. The Hall–Kier alpha value is -3.26. The SMILES string of the molecule is C[C@@H]1COCCN1c1cc(/C(N)=C/C=N)c2ccnc(/C(N)=C/C=N)c2n1. The number of nitrogens with one attached hydrogen (secondary N) is 2. The molecular weight excluding hydrogens is 342 g/mol. The molecule has 1 aliphatic rings. The van der Waals surface area contributed by atoms with Crippen molar-refractivity contribution in [2.45, 2.75) is 13.0 Å². The van der Waals surface area contributed by atoms with Crippen LogP contribution in [0.5, 0.6) is 0 Å². The zero-order valence-corrected chi connectivity index (χ0v) is 15.1. The van der Waals surface area contributed by atoms with Crippen LogP contribution < -0.4 is 16.4 Å². The molecule has 2 aromatic heterocycles. The van der Waals surface area contributed by atoms with Crippen molar-refractivity contribution in [3.05, 3.63) is 41.7 Å². The first-order valence-electron chi connectivity index (χ1n) is 8.64. The molecule has 3 rings (SSSR count). The monoisotopic (exact) mass is 365 g/mol. The lowest BCUT2D eigenvalue weighted by molar-refractivity contribution is 0.0985. The fraction of sp³-hybridized carbons (Fsp3) is 0.263. The Morgan fingerprint density at radius 3 is 2.70 bits per heavy atom. The Morgan fingerprint density at radius 2 is 2.00 bits per heavy atom. The molecule has 0 amide bonds. The Kier molecular flexibility index (Phi) is 5.46. The molecule has 0 spiro atoms. The summed E-state index contributed by atoms with van der Waals surface area (Å²) in [5, 5.41) is 15.4. The van der Waals surface area contributed by atoms with Gasteiger partial charge in [0.2, 0.25) is 0 Å². The molecular formula is C19H23N7O. The number of allylic oxidation sites excluding steroid dienone is 2. The molecule has 1 atom stereocenters. The molecule has 0 unspecified atom stereocenters. The fourth-order valence-electron chi connectivity index (χ4n) is 3.15. The molecule has 2 aromatic rings. The predicted molar refractivity (Wildman–Crippen MR) is 109 cm³/mol. The predicted octanol–water partition coefficient (Wildman–Crippen LogP) is 1.75. The molecule has 8 nitrogen and oxygen atoms in total. The molecule has 140 valence electrons. The van der Waals surface area contributed by atoms with Gasteiger partial charge in [-0.05, 0) is 31.2 Å². The molecule has 0 radical (unpaired) electrons. The first-order chi connectivity index (χ1) is 13.1. The fourth-order valence-corrected chi connectivity index (χ4v) is 3.15. The van der Waals surface area contributed by atoms with Crippen LogP contribution in [0, 0.1) is 10.8 Å². The Morgan fingerprint density at radius 1 is 1.26 bits per heavy atom. The van der Waals surface area contributed by atoms with Gasteiger partial charge in [-0.25, -0.2) is 4.98 Å². The highest BCUT2D eigenvalue weighted by Gasteiger charge is 2.23. The van der Waals surface area contributed by atoms with E-state index in [0.29, 0.717) is 42.4 Å². The van der Waals surface area contributed by atoms with Gasteiger partial charge in [0, 0.05) is 41.8 Å². The van der Waals surface area contributed by atoms with Crippen molar-refractivity contribution in [3.8, 4) is 0 Å². The molecule has 0 bridgehead atoms. The van der Waals surface area contributed by atoms with Gasteiger partial charge < -0.3 is 31.9 Å². The molecule has 1 saturated heterocycles. The zero-order valence-electron chi connectivity index (χ0n) is 15.1. The van der Waals surface area contributed by atoms with Crippen molar-refractivity contribution in [1.29, 1.82) is 10.8 Å². The summed E-state index contributed by atoms with van der Waals surface area (Å²) in [5.41, 5.74) is 15.0. The van der Waals surface area contributed by atoms with Crippen LogP contribution in [-0.4, -0.2) is 48.2 Å². The summed E-state index contributed by atoms with van der Waals surface area (Å²) >= 11 is 0. The molecule has 27 heavy (non-hydrogen) atoms. The number of hydrogen-bond acceptors (Lipinski definition) is 8. The van der Waals surface area contributed by atoms with Gasteiger partial charge in [0.25, 0.3) is 0 Å². The van der Waals surface area contributed by atoms with Crippen molar-refractivity contribution in [1.82, 2.24) is 9.97 Å². The van der Waals surface area contributed by atoms with E-state index in [1.54, 1.807) is 6.20 Å². The number of hydrogen-bond donors (Lipinski definition) is 4. The lowest BCUT2D eigenvalue weighted by Gasteiger charge is -2.34. The maximum Gasteiger partial charge on any atom is 0.130 e. The van der Waals surface area contributed by atoms with Gasteiger partial charge in [-0.15, -0.1) is 0 Å². The van der Waals surface area contributed by atoms with Crippen LogP contribution in [-0.2, 0) is 4.74 Å². The largest absolute Gasteiger partial charge is 0.398 e. The highest BCUT2D eigenvalue weighted by molar-refractivity contribution is 6.00. The first kappa shape index (κ1) is 18.5. The van der Waals surface area contributed by atoms with E-state index in [1.807, 2.05) is 12.1 Å². The van der Waals surface area contributed by atoms with Crippen LogP contribution in [0.4, 0.5) is 5.82 Å². The minimum atomic E-state index is 0.166. The Labute approximate surface area is 157 Å². The van der Waals surface area contributed by atoms with Gasteiger partial charge in [-0.2, -0.15) is 0 Å². The molecule has 0 saturated carbocycles. The third-order valence-corrected chi connectivity index (χ3v) is 4.49. The quantitative estimate of drug-likeness (QED) is 0.596. The van der Waals surface area contributed by atoms with Crippen LogP contribution in [0.3, 0.4) is 0 Å². The molecule has 8 heteroatoms. The van der Waals surface area contributed by atoms with E-state index < -0.39 is 0 Å². The number of aromatic nitrogens is 2. The molecule has 0 aromatic carbocycles. The van der Waals surface area contributed by atoms with Crippen LogP contribution in [0.2, 0.25) is 0 Å². The second-order valence-electron chi connectivity index (χ2n) is 6.28. The number of ether oxygens (including phenoxy) is 1. The van der Waals surface area contributed by atoms with Crippen molar-refractivity contribution in [3.63, 3.8) is 0 Å². The van der Waals surface area contributed by atoms with Gasteiger partial charge in [0.1, 0.15) is 17.0 Å². The summed E-state index contributed by atoms with van der Waals surface area (Å²) in [7, 11) is 0. The number of anilines is 1. The van der Waals surface area contributed by atoms with Crippen molar-refractivity contribution in [2.75, 3.05) is 24.7 Å². The second-order valence-corrected chi connectivity index (χ2v) is 6.28. The normalized spacial score (nSPS) is 18.6. The second kappa shape index (κ2) is 7.96. The van der Waals surface area contributed by atoms with Crippen LogP contribution >= 0.6 is 0 Å². The Balaban J connectivity index is 2.30. The molecule has 0 aliphatic carbocycles. The summed E-state index contributed by atoms with van der Waals surface area (Å²) < 4.78 is 5.53. The first-order valence-corrected chi connectivity index (χ1v) is 8.64. The van der Waals surface area contributed by atoms with Crippen LogP contribution in [0.25, 0.3) is 22.3 Å². The number of morpholine rings is 1. The summed E-state index contributed by atoms with van der Waals surface area (Å²) in [6, 6.07) is 3.93. The average Bonchev–Trinajstić information content (AvgIpc) is 2.67. The highest BCUT2D eigenvalue weighted by atomic mass is 16.5. The lowest BCUT2D eigenvalue weighted by atomic mass is 10.0.